The lowest BCUT2D eigenvalue weighted by Crippen LogP contribution is -2.59. The Hall–Kier alpha value is -2.66. The molecular weight excluding hydrogens is 495 g/mol. The van der Waals surface area contributed by atoms with Crippen molar-refractivity contribution in [1.82, 2.24) is 14.4 Å². The summed E-state index contributed by atoms with van der Waals surface area (Å²) in [6.45, 7) is 6.12. The van der Waals surface area contributed by atoms with E-state index in [1.165, 1.54) is 34.9 Å². The maximum absolute atomic E-state index is 13.2. The second-order valence-corrected chi connectivity index (χ2v) is 12.4. The number of carbonyl (C=O) groups excluding carboxylic acids is 2. The highest BCUT2D eigenvalue weighted by Crippen LogP contribution is 2.44. The van der Waals surface area contributed by atoms with Crippen LogP contribution in [0.1, 0.15) is 60.2 Å². The Balaban J connectivity index is 1.56. The molecule has 2 aliphatic heterocycles. The Morgan fingerprint density at radius 2 is 1.61 bits per heavy atom. The molecule has 0 bridgehead atoms. The summed E-state index contributed by atoms with van der Waals surface area (Å²) in [5, 5.41) is -0.571. The summed E-state index contributed by atoms with van der Waals surface area (Å²) in [5.74, 6) is -2.08. The van der Waals surface area contributed by atoms with E-state index in [0.29, 0.717) is 37.2 Å². The average Bonchev–Trinajstić information content (AvgIpc) is 3.25. The molecule has 1 atom stereocenters. The number of fused-ring (bicyclic) bond motifs is 2. The summed E-state index contributed by atoms with van der Waals surface area (Å²) in [6, 6.07) is 8.65. The molecule has 0 aliphatic carbocycles. The molecule has 0 radical (unpaired) electrons. The van der Waals surface area contributed by atoms with Crippen molar-refractivity contribution in [2.24, 2.45) is 0 Å². The van der Waals surface area contributed by atoms with Crippen molar-refractivity contribution in [3.8, 4) is 0 Å². The average molecular weight is 526 g/mol. The number of alkyl halides is 3. The van der Waals surface area contributed by atoms with Gasteiger partial charge in [0.2, 0.25) is 0 Å². The topological polar surface area (TPSA) is 79.7 Å². The highest BCUT2D eigenvalue weighted by atomic mass is 32.2. The summed E-state index contributed by atoms with van der Waals surface area (Å²) >= 11 is 0. The largest absolute Gasteiger partial charge is 0.456 e. The third-order valence-corrected chi connectivity index (χ3v) is 9.83. The molecule has 1 amide bonds. The smallest absolute Gasteiger partial charge is 0.339 e. The molecule has 1 fully saturated rings. The molecule has 1 spiro atoms. The van der Waals surface area contributed by atoms with Crippen LogP contribution in [0.25, 0.3) is 0 Å². The van der Waals surface area contributed by atoms with E-state index in [0.717, 1.165) is 0 Å². The third-order valence-electron chi connectivity index (χ3n) is 7.66. The van der Waals surface area contributed by atoms with Gasteiger partial charge in [-0.2, -0.15) is 13.2 Å². The fourth-order valence-electron chi connectivity index (χ4n) is 5.33. The standard InChI is InChI=1S/C25H30F3N3O4S/c1-16(2)36(34,35)19-7-5-18(6-8-19)23(33)30-13-11-24(12-14-30)21-10-9-20(22(32)25(26,27)28)31(21)15-17(3)29(24)4/h5-10,16-17H,11-15H2,1-4H3/t17-/m0/s1. The summed E-state index contributed by atoms with van der Waals surface area (Å²) < 4.78 is 65.7. The Kier molecular flexibility index (Phi) is 6.62. The van der Waals surface area contributed by atoms with Gasteiger partial charge in [0.05, 0.1) is 21.4 Å². The molecule has 2 aromatic rings. The van der Waals surface area contributed by atoms with Crippen molar-refractivity contribution >= 4 is 21.5 Å². The number of hydrogen-bond acceptors (Lipinski definition) is 5. The van der Waals surface area contributed by atoms with Crippen LogP contribution in [0, 0.1) is 0 Å². The molecule has 4 rings (SSSR count). The first-order chi connectivity index (χ1) is 16.7. The van der Waals surface area contributed by atoms with Gasteiger partial charge in [0.15, 0.2) is 9.84 Å². The van der Waals surface area contributed by atoms with Gasteiger partial charge in [-0.25, -0.2) is 8.42 Å². The van der Waals surface area contributed by atoms with Crippen molar-refractivity contribution in [2.75, 3.05) is 20.1 Å². The first-order valence-corrected chi connectivity index (χ1v) is 13.4. The van der Waals surface area contributed by atoms with E-state index in [-0.39, 0.29) is 29.1 Å². The summed E-state index contributed by atoms with van der Waals surface area (Å²) in [7, 11) is -1.51. The molecule has 0 saturated carbocycles. The molecule has 7 nitrogen and oxygen atoms in total. The van der Waals surface area contributed by atoms with Crippen molar-refractivity contribution in [3.05, 3.63) is 53.3 Å². The van der Waals surface area contributed by atoms with Crippen LogP contribution in [0.4, 0.5) is 13.2 Å². The fraction of sp³-hybridized carbons (Fsp3) is 0.520. The van der Waals surface area contributed by atoms with Gasteiger partial charge in [0.25, 0.3) is 11.7 Å². The van der Waals surface area contributed by atoms with Crippen LogP contribution in [0.2, 0.25) is 0 Å². The zero-order valence-electron chi connectivity index (χ0n) is 20.7. The van der Waals surface area contributed by atoms with E-state index in [1.807, 2.05) is 14.0 Å². The van der Waals surface area contributed by atoms with Gasteiger partial charge in [-0.3, -0.25) is 14.5 Å². The fourth-order valence-corrected chi connectivity index (χ4v) is 6.39. The maximum atomic E-state index is 13.2. The normalized spacial score (nSPS) is 20.6. The summed E-state index contributed by atoms with van der Waals surface area (Å²) in [6.07, 6.45) is -3.97. The van der Waals surface area contributed by atoms with Crippen LogP contribution in [0.3, 0.4) is 0 Å². The summed E-state index contributed by atoms with van der Waals surface area (Å²) in [5.41, 5.74) is 0.0756. The molecular formula is C25H30F3N3O4S. The molecule has 1 aromatic carbocycles. The zero-order valence-corrected chi connectivity index (χ0v) is 21.5. The van der Waals surface area contributed by atoms with E-state index < -0.39 is 32.6 Å². The van der Waals surface area contributed by atoms with Crippen LogP contribution >= 0.6 is 0 Å². The van der Waals surface area contributed by atoms with Crippen molar-refractivity contribution in [3.63, 3.8) is 0 Å². The van der Waals surface area contributed by atoms with Gasteiger partial charge >= 0.3 is 6.18 Å². The number of hydrogen-bond donors (Lipinski definition) is 0. The van der Waals surface area contributed by atoms with Crippen molar-refractivity contribution in [1.29, 1.82) is 0 Å². The van der Waals surface area contributed by atoms with Crippen LogP contribution in [0.15, 0.2) is 41.3 Å². The van der Waals surface area contributed by atoms with Gasteiger partial charge in [-0.15, -0.1) is 0 Å². The number of likely N-dealkylation sites (tertiary alicyclic amines) is 1. The van der Waals surface area contributed by atoms with Gasteiger partial charge in [0, 0.05) is 36.9 Å². The number of aromatic nitrogens is 1. The number of Topliss-reactive ketones (excluding diaryl/α,β-unsaturated/α-hetero) is 1. The number of carbonyl (C=O) groups is 2. The highest BCUT2D eigenvalue weighted by Gasteiger charge is 2.49. The van der Waals surface area contributed by atoms with Crippen LogP contribution in [-0.2, 0) is 21.9 Å². The van der Waals surface area contributed by atoms with Crippen molar-refractivity contribution < 1.29 is 31.2 Å². The number of likely N-dealkylation sites (N-methyl/N-ethyl adjacent to an activating group) is 1. The van der Waals surface area contributed by atoms with E-state index in [2.05, 4.69) is 4.90 Å². The molecule has 1 saturated heterocycles. The number of ketones is 1. The monoisotopic (exact) mass is 525 g/mol. The lowest BCUT2D eigenvalue weighted by molar-refractivity contribution is -0.0894. The number of halogens is 3. The maximum Gasteiger partial charge on any atom is 0.456 e. The van der Waals surface area contributed by atoms with E-state index >= 15 is 0 Å². The predicted octanol–water partition coefficient (Wildman–Crippen LogP) is 3.88. The minimum atomic E-state index is -4.95. The summed E-state index contributed by atoms with van der Waals surface area (Å²) in [4.78, 5) is 29.2. The second kappa shape index (κ2) is 9.02. The van der Waals surface area contributed by atoms with Gasteiger partial charge in [0.1, 0.15) is 0 Å². The number of piperidine rings is 1. The Bertz CT molecular complexity index is 1270. The zero-order chi connectivity index (χ0) is 26.6. The number of benzene rings is 1. The highest BCUT2D eigenvalue weighted by molar-refractivity contribution is 7.92. The lowest BCUT2D eigenvalue weighted by Gasteiger charge is -2.53. The Labute approximate surface area is 208 Å². The molecule has 196 valence electrons. The predicted molar refractivity (Wildman–Crippen MR) is 128 cm³/mol. The number of amides is 1. The lowest BCUT2D eigenvalue weighted by atomic mass is 9.80. The number of nitrogens with zero attached hydrogens (tertiary/aromatic N) is 3. The first-order valence-electron chi connectivity index (χ1n) is 11.9. The Morgan fingerprint density at radius 1 is 1.03 bits per heavy atom. The Morgan fingerprint density at radius 3 is 2.14 bits per heavy atom. The number of rotatable bonds is 4. The van der Waals surface area contributed by atoms with E-state index in [1.54, 1.807) is 24.8 Å². The van der Waals surface area contributed by atoms with E-state index in [9.17, 15) is 31.2 Å². The van der Waals surface area contributed by atoms with E-state index in [4.69, 9.17) is 0 Å². The number of sulfone groups is 1. The van der Waals surface area contributed by atoms with Gasteiger partial charge in [-0.05, 0) is 77.1 Å². The molecule has 3 heterocycles. The molecule has 1 aromatic heterocycles. The molecule has 0 N–H and O–H groups in total. The van der Waals surface area contributed by atoms with Gasteiger partial charge < -0.3 is 9.47 Å². The molecule has 11 heteroatoms. The minimum Gasteiger partial charge on any atom is -0.339 e. The van der Waals surface area contributed by atoms with Crippen LogP contribution in [0.5, 0.6) is 0 Å². The minimum absolute atomic E-state index is 0.109. The van der Waals surface area contributed by atoms with Gasteiger partial charge in [-0.1, -0.05) is 0 Å². The van der Waals surface area contributed by atoms with Crippen molar-refractivity contribution in [2.45, 2.75) is 68.1 Å². The van der Waals surface area contributed by atoms with Crippen LogP contribution in [-0.4, -0.2) is 72.1 Å². The molecule has 36 heavy (non-hydrogen) atoms. The SMILES string of the molecule is CC(C)S(=O)(=O)c1ccc(C(=O)N2CCC3(CC2)c2ccc(C(=O)C(F)(F)F)n2C[C@H](C)N3C)cc1. The molecule has 0 unspecified atom stereocenters. The quantitative estimate of drug-likeness (QED) is 0.566. The molecule has 2 aliphatic rings. The first kappa shape index (κ1) is 26.4. The van der Waals surface area contributed by atoms with Crippen LogP contribution < -0.4 is 0 Å². The third kappa shape index (κ3) is 4.26. The second-order valence-electron chi connectivity index (χ2n) is 9.94.